The number of carbonyl (C=O) groups is 1. The first-order valence-electron chi connectivity index (χ1n) is 6.64. The van der Waals surface area contributed by atoms with Crippen molar-refractivity contribution in [1.82, 2.24) is 4.90 Å². The van der Waals surface area contributed by atoms with E-state index >= 15 is 0 Å². The van der Waals surface area contributed by atoms with Crippen LogP contribution in [0.25, 0.3) is 0 Å². The van der Waals surface area contributed by atoms with Gasteiger partial charge in [0.25, 0.3) is 5.91 Å². The van der Waals surface area contributed by atoms with Crippen molar-refractivity contribution in [3.8, 4) is 5.75 Å². The minimum atomic E-state index is -0.402. The molecule has 0 spiro atoms. The quantitative estimate of drug-likeness (QED) is 0.340. The Morgan fingerprint density at radius 3 is 2.38 bits per heavy atom. The first kappa shape index (κ1) is 15.5. The van der Waals surface area contributed by atoms with Crippen LogP contribution in [0.1, 0.15) is 23.2 Å². The number of amidine groups is 1. The number of nitrogens with zero attached hydrogens (tertiary/aromatic N) is 2. The largest absolute Gasteiger partial charge is 0.508 e. The predicted octanol–water partition coefficient (Wildman–Crippen LogP) is 1.48. The number of aromatic hydroxyl groups is 1. The molecule has 0 aromatic heterocycles. The molecule has 1 fully saturated rings. The molecular formula is C14H19N3O3S. The van der Waals surface area contributed by atoms with Gasteiger partial charge in [0.15, 0.2) is 5.84 Å². The van der Waals surface area contributed by atoms with Gasteiger partial charge in [-0.1, -0.05) is 5.16 Å². The number of oxime groups is 1. The van der Waals surface area contributed by atoms with Gasteiger partial charge in [-0.05, 0) is 43.4 Å². The highest BCUT2D eigenvalue weighted by Gasteiger charge is 2.39. The van der Waals surface area contributed by atoms with E-state index in [2.05, 4.69) is 5.16 Å². The molecule has 0 unspecified atom stereocenters. The van der Waals surface area contributed by atoms with Crippen LogP contribution in [0.5, 0.6) is 5.75 Å². The van der Waals surface area contributed by atoms with E-state index in [1.54, 1.807) is 28.8 Å². The molecule has 7 heteroatoms. The van der Waals surface area contributed by atoms with Crippen LogP contribution in [0.4, 0.5) is 0 Å². The molecular weight excluding hydrogens is 290 g/mol. The summed E-state index contributed by atoms with van der Waals surface area (Å²) in [4.78, 5) is 14.1. The van der Waals surface area contributed by atoms with Crippen molar-refractivity contribution in [2.24, 2.45) is 10.9 Å². The fourth-order valence-corrected chi connectivity index (χ4v) is 3.35. The highest BCUT2D eigenvalue weighted by molar-refractivity contribution is 8.00. The fraction of sp³-hybridized carbons (Fsp3) is 0.429. The third-order valence-electron chi connectivity index (χ3n) is 3.94. The van der Waals surface area contributed by atoms with E-state index in [0.717, 1.165) is 0 Å². The molecule has 1 aliphatic heterocycles. The third-order valence-corrected chi connectivity index (χ3v) is 5.34. The number of piperidine rings is 1. The Hall–Kier alpha value is -1.89. The Labute approximate surface area is 127 Å². The van der Waals surface area contributed by atoms with Crippen LogP contribution in [-0.2, 0) is 0 Å². The smallest absolute Gasteiger partial charge is 0.253 e. The van der Waals surface area contributed by atoms with E-state index in [-0.39, 0.29) is 17.5 Å². The molecule has 0 bridgehead atoms. The van der Waals surface area contributed by atoms with Gasteiger partial charge in [-0.2, -0.15) is 11.8 Å². The Morgan fingerprint density at radius 1 is 1.33 bits per heavy atom. The Kier molecular flexibility index (Phi) is 4.62. The van der Waals surface area contributed by atoms with E-state index in [1.165, 1.54) is 12.1 Å². The lowest BCUT2D eigenvalue weighted by molar-refractivity contribution is 0.0718. The summed E-state index contributed by atoms with van der Waals surface area (Å²) in [5.41, 5.74) is 6.34. The van der Waals surface area contributed by atoms with Crippen molar-refractivity contribution in [2.75, 3.05) is 19.3 Å². The molecule has 0 saturated carbocycles. The Balaban J connectivity index is 2.07. The summed E-state index contributed by atoms with van der Waals surface area (Å²) in [6.45, 7) is 1.10. The van der Waals surface area contributed by atoms with E-state index in [1.807, 2.05) is 6.26 Å². The minimum absolute atomic E-state index is 0.0655. The minimum Gasteiger partial charge on any atom is -0.508 e. The summed E-state index contributed by atoms with van der Waals surface area (Å²) < 4.78 is -0.402. The zero-order chi connectivity index (χ0) is 15.5. The number of rotatable bonds is 3. The summed E-state index contributed by atoms with van der Waals surface area (Å²) in [5, 5.41) is 21.3. The number of phenols is 1. The summed E-state index contributed by atoms with van der Waals surface area (Å²) in [5.74, 6) is 0.287. The zero-order valence-electron chi connectivity index (χ0n) is 11.8. The lowest BCUT2D eigenvalue weighted by Gasteiger charge is -2.39. The van der Waals surface area contributed by atoms with Gasteiger partial charge in [0.05, 0.1) is 4.75 Å². The summed E-state index contributed by atoms with van der Waals surface area (Å²) in [7, 11) is 0. The molecule has 1 heterocycles. The first-order valence-corrected chi connectivity index (χ1v) is 7.86. The fourth-order valence-electron chi connectivity index (χ4n) is 2.51. The number of hydrogen-bond donors (Lipinski definition) is 3. The third kappa shape index (κ3) is 3.07. The number of benzene rings is 1. The van der Waals surface area contributed by atoms with Crippen LogP contribution in [0.15, 0.2) is 29.4 Å². The van der Waals surface area contributed by atoms with Gasteiger partial charge < -0.3 is 20.9 Å². The number of amides is 1. The average molecular weight is 309 g/mol. The normalized spacial score (nSPS) is 18.5. The highest BCUT2D eigenvalue weighted by Crippen LogP contribution is 2.35. The van der Waals surface area contributed by atoms with Crippen LogP contribution >= 0.6 is 11.8 Å². The van der Waals surface area contributed by atoms with Crippen LogP contribution in [0.3, 0.4) is 0 Å². The number of carbonyl (C=O) groups excluding carboxylic acids is 1. The number of likely N-dealkylation sites (tertiary alicyclic amines) is 1. The second-order valence-corrected chi connectivity index (χ2v) is 6.21. The summed E-state index contributed by atoms with van der Waals surface area (Å²) in [6, 6.07) is 6.22. The maximum absolute atomic E-state index is 12.4. The maximum atomic E-state index is 12.4. The molecule has 4 N–H and O–H groups in total. The van der Waals surface area contributed by atoms with Gasteiger partial charge in [0.1, 0.15) is 5.75 Å². The molecule has 6 nitrogen and oxygen atoms in total. The van der Waals surface area contributed by atoms with E-state index in [0.29, 0.717) is 31.5 Å². The van der Waals surface area contributed by atoms with Crippen LogP contribution < -0.4 is 5.73 Å². The molecule has 0 atom stereocenters. The number of hydrogen-bond acceptors (Lipinski definition) is 5. The zero-order valence-corrected chi connectivity index (χ0v) is 12.6. The van der Waals surface area contributed by atoms with Crippen LogP contribution in [0, 0.1) is 0 Å². The molecule has 21 heavy (non-hydrogen) atoms. The van der Waals surface area contributed by atoms with Crippen molar-refractivity contribution in [3.05, 3.63) is 29.8 Å². The molecule has 114 valence electrons. The number of nitrogens with two attached hydrogens (primary N) is 1. The number of phenolic OH excluding ortho intramolecular Hbond substituents is 1. The lowest BCUT2D eigenvalue weighted by atomic mass is 9.94. The van der Waals surface area contributed by atoms with Gasteiger partial charge in [0.2, 0.25) is 0 Å². The SMILES string of the molecule is CSC1(C(N)=NO)CCN(C(=O)c2ccc(O)cc2)CC1. The summed E-state index contributed by atoms with van der Waals surface area (Å²) >= 11 is 1.55. The molecule has 1 saturated heterocycles. The van der Waals surface area contributed by atoms with Gasteiger partial charge >= 0.3 is 0 Å². The molecule has 0 aliphatic carbocycles. The van der Waals surface area contributed by atoms with E-state index < -0.39 is 4.75 Å². The van der Waals surface area contributed by atoms with Gasteiger partial charge in [-0.25, -0.2) is 0 Å². The van der Waals surface area contributed by atoms with Gasteiger partial charge in [-0.3, -0.25) is 4.79 Å². The molecule has 1 aromatic carbocycles. The number of thioether (sulfide) groups is 1. The lowest BCUT2D eigenvalue weighted by Crippen LogP contribution is -2.51. The summed E-state index contributed by atoms with van der Waals surface area (Å²) in [6.07, 6.45) is 3.22. The monoisotopic (exact) mass is 309 g/mol. The van der Waals surface area contributed by atoms with Crippen molar-refractivity contribution in [1.29, 1.82) is 0 Å². The second-order valence-electron chi connectivity index (χ2n) is 5.02. The standard InChI is InChI=1S/C14H19N3O3S/c1-21-14(13(15)16-20)6-8-17(9-7-14)12(19)10-2-4-11(18)5-3-10/h2-5,18,20H,6-9H2,1H3,(H2,15,16). The molecule has 2 rings (SSSR count). The van der Waals surface area contributed by atoms with Crippen LogP contribution in [-0.4, -0.2) is 51.0 Å². The van der Waals surface area contributed by atoms with Crippen molar-refractivity contribution >= 4 is 23.5 Å². The topological polar surface area (TPSA) is 99.2 Å². The first-order chi connectivity index (χ1) is 10.0. The van der Waals surface area contributed by atoms with Crippen molar-refractivity contribution in [2.45, 2.75) is 17.6 Å². The van der Waals surface area contributed by atoms with Crippen molar-refractivity contribution < 1.29 is 15.1 Å². The van der Waals surface area contributed by atoms with E-state index in [4.69, 9.17) is 10.9 Å². The average Bonchev–Trinajstić information content (AvgIpc) is 2.54. The van der Waals surface area contributed by atoms with Gasteiger partial charge in [-0.15, -0.1) is 0 Å². The Bertz CT molecular complexity index is 537. The molecule has 0 radical (unpaired) electrons. The Morgan fingerprint density at radius 2 is 1.90 bits per heavy atom. The predicted molar refractivity (Wildman–Crippen MR) is 82.9 cm³/mol. The molecule has 1 aromatic rings. The highest BCUT2D eigenvalue weighted by atomic mass is 32.2. The maximum Gasteiger partial charge on any atom is 0.253 e. The second kappa shape index (κ2) is 6.26. The van der Waals surface area contributed by atoms with Gasteiger partial charge in [0, 0.05) is 18.7 Å². The molecule has 1 aliphatic rings. The van der Waals surface area contributed by atoms with Crippen LogP contribution in [0.2, 0.25) is 0 Å². The van der Waals surface area contributed by atoms with Crippen molar-refractivity contribution in [3.63, 3.8) is 0 Å². The molecule has 1 amide bonds. The van der Waals surface area contributed by atoms with E-state index in [9.17, 15) is 9.90 Å².